The summed E-state index contributed by atoms with van der Waals surface area (Å²) in [6.07, 6.45) is 1.01. The number of nitrogens with two attached hydrogens (primary N) is 1. The van der Waals surface area contributed by atoms with E-state index in [4.69, 9.17) is 15.2 Å². The van der Waals surface area contributed by atoms with Crippen molar-refractivity contribution in [3.63, 3.8) is 0 Å². The molecule has 5 heteroatoms. The van der Waals surface area contributed by atoms with Gasteiger partial charge in [0.2, 0.25) is 5.91 Å². The summed E-state index contributed by atoms with van der Waals surface area (Å²) in [6.45, 7) is 4.04. The number of amides is 1. The van der Waals surface area contributed by atoms with Crippen molar-refractivity contribution in [1.29, 1.82) is 0 Å². The second-order valence-electron chi connectivity index (χ2n) is 4.81. The van der Waals surface area contributed by atoms with Crippen molar-refractivity contribution in [2.24, 2.45) is 5.92 Å². The Labute approximate surface area is 113 Å². The van der Waals surface area contributed by atoms with Crippen molar-refractivity contribution in [3.8, 4) is 0 Å². The van der Waals surface area contributed by atoms with Crippen LogP contribution in [0.4, 0.5) is 11.4 Å². The molecule has 19 heavy (non-hydrogen) atoms. The molecule has 0 bridgehead atoms. The van der Waals surface area contributed by atoms with E-state index in [1.165, 1.54) is 0 Å². The van der Waals surface area contributed by atoms with Crippen LogP contribution in [0.25, 0.3) is 0 Å². The average molecular weight is 264 g/mol. The van der Waals surface area contributed by atoms with E-state index in [0.29, 0.717) is 18.2 Å². The first-order valence-electron chi connectivity index (χ1n) is 6.47. The Hall–Kier alpha value is -1.59. The molecule has 2 rings (SSSR count). The normalized spacial score (nSPS) is 18.5. The van der Waals surface area contributed by atoms with Crippen molar-refractivity contribution < 1.29 is 14.3 Å². The second kappa shape index (κ2) is 6.54. The van der Waals surface area contributed by atoms with Crippen LogP contribution in [-0.2, 0) is 14.3 Å². The molecule has 1 saturated heterocycles. The third-order valence-electron chi connectivity index (χ3n) is 3.26. The molecule has 1 amide bonds. The zero-order valence-electron chi connectivity index (χ0n) is 11.1. The number of rotatable bonds is 5. The van der Waals surface area contributed by atoms with Gasteiger partial charge in [0.1, 0.15) is 6.61 Å². The van der Waals surface area contributed by atoms with Crippen LogP contribution < -0.4 is 11.1 Å². The van der Waals surface area contributed by atoms with Crippen LogP contribution in [0.1, 0.15) is 12.0 Å². The molecule has 1 fully saturated rings. The van der Waals surface area contributed by atoms with E-state index < -0.39 is 0 Å². The van der Waals surface area contributed by atoms with Gasteiger partial charge in [-0.15, -0.1) is 0 Å². The maximum absolute atomic E-state index is 11.7. The Kier molecular flexibility index (Phi) is 4.76. The lowest BCUT2D eigenvalue weighted by molar-refractivity contribution is -0.121. The smallest absolute Gasteiger partial charge is 0.250 e. The lowest BCUT2D eigenvalue weighted by atomic mass is 10.1. The molecule has 3 N–H and O–H groups in total. The van der Waals surface area contributed by atoms with Crippen LogP contribution in [0.5, 0.6) is 0 Å². The summed E-state index contributed by atoms with van der Waals surface area (Å²) in [5.74, 6) is 0.259. The summed E-state index contributed by atoms with van der Waals surface area (Å²) in [6, 6.07) is 5.45. The third kappa shape index (κ3) is 3.94. The van der Waals surface area contributed by atoms with Gasteiger partial charge in [-0.05, 0) is 31.0 Å². The number of hydrogen-bond acceptors (Lipinski definition) is 4. The van der Waals surface area contributed by atoms with Gasteiger partial charge in [-0.1, -0.05) is 6.07 Å². The standard InChI is InChI=1S/C14H20N2O3/c1-10-12(15)3-2-4-13(10)16-14(17)9-19-8-11-5-6-18-7-11/h2-4,11H,5-9,15H2,1H3,(H,16,17). The molecule has 1 aromatic carbocycles. The minimum absolute atomic E-state index is 0.0603. The largest absolute Gasteiger partial charge is 0.398 e. The van der Waals surface area contributed by atoms with Gasteiger partial charge in [-0.2, -0.15) is 0 Å². The molecule has 0 aromatic heterocycles. The minimum atomic E-state index is -0.160. The van der Waals surface area contributed by atoms with Crippen molar-refractivity contribution >= 4 is 17.3 Å². The fraction of sp³-hybridized carbons (Fsp3) is 0.500. The highest BCUT2D eigenvalue weighted by molar-refractivity contribution is 5.93. The Morgan fingerprint density at radius 3 is 3.16 bits per heavy atom. The van der Waals surface area contributed by atoms with E-state index in [2.05, 4.69) is 5.32 Å². The summed E-state index contributed by atoms with van der Waals surface area (Å²) < 4.78 is 10.6. The fourth-order valence-corrected chi connectivity index (χ4v) is 2.01. The van der Waals surface area contributed by atoms with Gasteiger partial charge in [-0.3, -0.25) is 4.79 Å². The molecule has 0 spiro atoms. The Morgan fingerprint density at radius 2 is 2.42 bits per heavy atom. The maximum Gasteiger partial charge on any atom is 0.250 e. The van der Waals surface area contributed by atoms with Crippen molar-refractivity contribution in [1.82, 2.24) is 0 Å². The first kappa shape index (κ1) is 13.8. The molecule has 104 valence electrons. The van der Waals surface area contributed by atoms with Gasteiger partial charge in [0.15, 0.2) is 0 Å². The minimum Gasteiger partial charge on any atom is -0.398 e. The first-order valence-corrected chi connectivity index (χ1v) is 6.47. The summed E-state index contributed by atoms with van der Waals surface area (Å²) in [5.41, 5.74) is 8.06. The van der Waals surface area contributed by atoms with E-state index in [-0.39, 0.29) is 12.5 Å². The van der Waals surface area contributed by atoms with Crippen LogP contribution in [0.3, 0.4) is 0 Å². The van der Waals surface area contributed by atoms with Crippen LogP contribution in [0.2, 0.25) is 0 Å². The molecule has 1 aliphatic heterocycles. The average Bonchev–Trinajstić information content (AvgIpc) is 2.88. The zero-order valence-corrected chi connectivity index (χ0v) is 11.1. The predicted octanol–water partition coefficient (Wildman–Crippen LogP) is 1.57. The SMILES string of the molecule is Cc1c(N)cccc1NC(=O)COCC1CCOC1. The molecule has 0 saturated carbocycles. The lowest BCUT2D eigenvalue weighted by Gasteiger charge is -2.11. The summed E-state index contributed by atoms with van der Waals surface area (Å²) >= 11 is 0. The summed E-state index contributed by atoms with van der Waals surface area (Å²) in [4.78, 5) is 11.7. The van der Waals surface area contributed by atoms with Gasteiger partial charge in [0.25, 0.3) is 0 Å². The van der Waals surface area contributed by atoms with Crippen LogP contribution in [-0.4, -0.2) is 32.3 Å². The molecule has 1 unspecified atom stereocenters. The van der Waals surface area contributed by atoms with Gasteiger partial charge >= 0.3 is 0 Å². The Bertz CT molecular complexity index is 442. The van der Waals surface area contributed by atoms with Crippen molar-refractivity contribution in [2.45, 2.75) is 13.3 Å². The quantitative estimate of drug-likeness (QED) is 0.792. The maximum atomic E-state index is 11.7. The van der Waals surface area contributed by atoms with Crippen molar-refractivity contribution in [3.05, 3.63) is 23.8 Å². The molecule has 0 aliphatic carbocycles. The number of carbonyl (C=O) groups excluding carboxylic acids is 1. The number of hydrogen-bond donors (Lipinski definition) is 2. The molecule has 5 nitrogen and oxygen atoms in total. The highest BCUT2D eigenvalue weighted by atomic mass is 16.5. The molecular weight excluding hydrogens is 244 g/mol. The van der Waals surface area contributed by atoms with Gasteiger partial charge in [0.05, 0.1) is 13.2 Å². The summed E-state index contributed by atoms with van der Waals surface area (Å²) in [7, 11) is 0. The number of anilines is 2. The number of ether oxygens (including phenoxy) is 2. The fourth-order valence-electron chi connectivity index (χ4n) is 2.01. The van der Waals surface area contributed by atoms with E-state index in [1.54, 1.807) is 0 Å². The van der Waals surface area contributed by atoms with E-state index in [1.807, 2.05) is 25.1 Å². The zero-order chi connectivity index (χ0) is 13.7. The van der Waals surface area contributed by atoms with Gasteiger partial charge in [-0.25, -0.2) is 0 Å². The number of nitrogen functional groups attached to an aromatic ring is 1. The van der Waals surface area contributed by atoms with Crippen LogP contribution >= 0.6 is 0 Å². The van der Waals surface area contributed by atoms with Crippen LogP contribution in [0.15, 0.2) is 18.2 Å². The predicted molar refractivity (Wildman–Crippen MR) is 74.0 cm³/mol. The number of benzene rings is 1. The highest BCUT2D eigenvalue weighted by Crippen LogP contribution is 2.20. The second-order valence-corrected chi connectivity index (χ2v) is 4.81. The lowest BCUT2D eigenvalue weighted by Crippen LogP contribution is -2.21. The van der Waals surface area contributed by atoms with Gasteiger partial charge in [0, 0.05) is 23.9 Å². The van der Waals surface area contributed by atoms with Gasteiger partial charge < -0.3 is 20.5 Å². The Morgan fingerprint density at radius 1 is 1.58 bits per heavy atom. The van der Waals surface area contributed by atoms with E-state index in [0.717, 1.165) is 30.9 Å². The summed E-state index contributed by atoms with van der Waals surface area (Å²) in [5, 5.41) is 2.80. The third-order valence-corrected chi connectivity index (χ3v) is 3.26. The molecule has 1 atom stereocenters. The molecule has 1 aromatic rings. The van der Waals surface area contributed by atoms with Crippen LogP contribution in [0, 0.1) is 12.8 Å². The first-order chi connectivity index (χ1) is 9.16. The highest BCUT2D eigenvalue weighted by Gasteiger charge is 2.16. The number of carbonyl (C=O) groups is 1. The monoisotopic (exact) mass is 264 g/mol. The van der Waals surface area contributed by atoms with Crippen molar-refractivity contribution in [2.75, 3.05) is 37.5 Å². The van der Waals surface area contributed by atoms with E-state index >= 15 is 0 Å². The molecule has 1 aliphatic rings. The number of nitrogens with one attached hydrogen (secondary N) is 1. The molecule has 0 radical (unpaired) electrons. The molecular formula is C14H20N2O3. The Balaban J connectivity index is 1.76. The molecule has 1 heterocycles. The topological polar surface area (TPSA) is 73.6 Å². The van der Waals surface area contributed by atoms with E-state index in [9.17, 15) is 4.79 Å².